The first-order valence-corrected chi connectivity index (χ1v) is 7.92. The summed E-state index contributed by atoms with van der Waals surface area (Å²) in [6.45, 7) is 4.31. The van der Waals surface area contributed by atoms with Gasteiger partial charge < -0.3 is 0 Å². The molecule has 0 nitrogen and oxygen atoms in total. The smallest absolute Gasteiger partial charge is 0.0441 e. The molecular weight excluding hydrogens is 288 g/mol. The van der Waals surface area contributed by atoms with Crippen molar-refractivity contribution in [3.63, 3.8) is 0 Å². The van der Waals surface area contributed by atoms with Crippen LogP contribution < -0.4 is 0 Å². The Kier molecular flexibility index (Phi) is 4.31. The predicted molar refractivity (Wildman–Crippen MR) is 95.6 cm³/mol. The molecule has 0 amide bonds. The Balaban J connectivity index is 2.07. The van der Waals surface area contributed by atoms with E-state index in [1.807, 2.05) is 18.2 Å². The minimum absolute atomic E-state index is 0.832. The summed E-state index contributed by atoms with van der Waals surface area (Å²) in [5.41, 5.74) is 7.67. The van der Waals surface area contributed by atoms with E-state index in [-0.39, 0.29) is 0 Å². The van der Waals surface area contributed by atoms with Gasteiger partial charge in [0.2, 0.25) is 0 Å². The quantitative estimate of drug-likeness (QED) is 0.539. The molecule has 0 saturated carbocycles. The molecule has 0 heterocycles. The van der Waals surface area contributed by atoms with Crippen LogP contribution in [-0.4, -0.2) is 0 Å². The van der Waals surface area contributed by atoms with E-state index < -0.39 is 0 Å². The number of rotatable bonds is 3. The minimum Gasteiger partial charge on any atom is -0.0840 e. The van der Waals surface area contributed by atoms with E-state index in [0.29, 0.717) is 0 Å². The van der Waals surface area contributed by atoms with Crippen LogP contribution in [0.2, 0.25) is 5.02 Å². The zero-order valence-electron chi connectivity index (χ0n) is 12.9. The molecule has 0 aliphatic carbocycles. The van der Waals surface area contributed by atoms with Crippen LogP contribution >= 0.6 is 11.6 Å². The summed E-state index contributed by atoms with van der Waals surface area (Å²) >= 11 is 6.33. The zero-order chi connectivity index (χ0) is 15.5. The first-order valence-electron chi connectivity index (χ1n) is 7.54. The zero-order valence-corrected chi connectivity index (χ0v) is 13.7. The number of halogens is 1. The van der Waals surface area contributed by atoms with Crippen LogP contribution in [0.5, 0.6) is 0 Å². The lowest BCUT2D eigenvalue weighted by atomic mass is 9.91. The van der Waals surface area contributed by atoms with Gasteiger partial charge in [0.05, 0.1) is 0 Å². The molecule has 0 saturated heterocycles. The molecule has 0 spiro atoms. The highest BCUT2D eigenvalue weighted by atomic mass is 35.5. The Bertz CT molecular complexity index is 803. The van der Waals surface area contributed by atoms with Crippen LogP contribution in [0, 0.1) is 13.8 Å². The van der Waals surface area contributed by atoms with Gasteiger partial charge >= 0.3 is 0 Å². The van der Waals surface area contributed by atoms with Gasteiger partial charge in [-0.25, -0.2) is 0 Å². The fraction of sp³-hybridized carbons (Fsp3) is 0.143. The topological polar surface area (TPSA) is 0 Å². The van der Waals surface area contributed by atoms with Crippen molar-refractivity contribution < 1.29 is 0 Å². The van der Waals surface area contributed by atoms with Crippen molar-refractivity contribution in [2.45, 2.75) is 20.3 Å². The Morgan fingerprint density at radius 3 is 2.18 bits per heavy atom. The molecular formula is C21H19Cl. The summed E-state index contributed by atoms with van der Waals surface area (Å²) in [7, 11) is 0. The first kappa shape index (κ1) is 14.9. The third-order valence-corrected chi connectivity index (χ3v) is 4.41. The second-order valence-electron chi connectivity index (χ2n) is 5.74. The van der Waals surface area contributed by atoms with Crippen LogP contribution in [0.1, 0.15) is 22.3 Å². The molecule has 22 heavy (non-hydrogen) atoms. The highest BCUT2D eigenvalue weighted by Gasteiger charge is 2.09. The summed E-state index contributed by atoms with van der Waals surface area (Å²) < 4.78 is 0. The summed E-state index contributed by atoms with van der Waals surface area (Å²) in [6.07, 6.45) is 0.850. The molecule has 0 aliphatic heterocycles. The average molecular weight is 307 g/mol. The normalized spacial score (nSPS) is 10.7. The Morgan fingerprint density at radius 2 is 1.41 bits per heavy atom. The summed E-state index contributed by atoms with van der Waals surface area (Å²) in [6, 6.07) is 23.3. The number of hydrogen-bond acceptors (Lipinski definition) is 0. The standard InChI is InChI=1S/C21H19Cl/c1-15-11-12-16(2)20(13-15)19-9-5-3-7-17(19)14-18-8-4-6-10-21(18)22/h3-13H,14H2,1-2H3. The summed E-state index contributed by atoms with van der Waals surface area (Å²) in [5, 5.41) is 0.832. The first-order chi connectivity index (χ1) is 10.6. The molecule has 3 rings (SSSR count). The van der Waals surface area contributed by atoms with E-state index >= 15 is 0 Å². The van der Waals surface area contributed by atoms with E-state index in [1.165, 1.54) is 33.4 Å². The third kappa shape index (κ3) is 3.08. The highest BCUT2D eigenvalue weighted by molar-refractivity contribution is 6.31. The van der Waals surface area contributed by atoms with E-state index in [4.69, 9.17) is 11.6 Å². The molecule has 110 valence electrons. The molecule has 3 aromatic rings. The lowest BCUT2D eigenvalue weighted by Gasteiger charge is -2.13. The number of benzene rings is 3. The van der Waals surface area contributed by atoms with Gasteiger partial charge in [0.15, 0.2) is 0 Å². The molecule has 0 bridgehead atoms. The monoisotopic (exact) mass is 306 g/mol. The predicted octanol–water partition coefficient (Wildman–Crippen LogP) is 6.21. The molecule has 0 unspecified atom stereocenters. The van der Waals surface area contributed by atoms with Crippen LogP contribution in [0.25, 0.3) is 11.1 Å². The molecule has 3 aromatic carbocycles. The second kappa shape index (κ2) is 6.37. The molecule has 0 radical (unpaired) electrons. The Morgan fingerprint density at radius 1 is 0.727 bits per heavy atom. The third-order valence-electron chi connectivity index (χ3n) is 4.04. The maximum absolute atomic E-state index is 6.33. The average Bonchev–Trinajstić information content (AvgIpc) is 2.53. The van der Waals surface area contributed by atoms with Crippen LogP contribution in [-0.2, 0) is 6.42 Å². The van der Waals surface area contributed by atoms with Crippen molar-refractivity contribution in [3.8, 4) is 11.1 Å². The fourth-order valence-corrected chi connectivity index (χ4v) is 3.01. The van der Waals surface area contributed by atoms with Gasteiger partial charge in [0.25, 0.3) is 0 Å². The molecule has 0 atom stereocenters. The van der Waals surface area contributed by atoms with Crippen LogP contribution in [0.3, 0.4) is 0 Å². The molecule has 1 heteroatoms. The van der Waals surface area contributed by atoms with Crippen LogP contribution in [0.4, 0.5) is 0 Å². The van der Waals surface area contributed by atoms with Crippen molar-refractivity contribution in [3.05, 3.63) is 94.0 Å². The fourth-order valence-electron chi connectivity index (χ4n) is 2.81. The van der Waals surface area contributed by atoms with Crippen molar-refractivity contribution in [1.29, 1.82) is 0 Å². The van der Waals surface area contributed by atoms with Gasteiger partial charge in [-0.3, -0.25) is 0 Å². The lowest BCUT2D eigenvalue weighted by molar-refractivity contribution is 1.19. The molecule has 0 aromatic heterocycles. The van der Waals surface area contributed by atoms with E-state index in [1.54, 1.807) is 0 Å². The van der Waals surface area contributed by atoms with Gasteiger partial charge in [-0.2, -0.15) is 0 Å². The van der Waals surface area contributed by atoms with Crippen molar-refractivity contribution in [1.82, 2.24) is 0 Å². The minimum atomic E-state index is 0.832. The van der Waals surface area contributed by atoms with Gasteiger partial charge in [-0.05, 0) is 54.2 Å². The van der Waals surface area contributed by atoms with Crippen molar-refractivity contribution >= 4 is 11.6 Å². The Hall–Kier alpha value is -2.05. The van der Waals surface area contributed by atoms with Crippen molar-refractivity contribution in [2.75, 3.05) is 0 Å². The van der Waals surface area contributed by atoms with E-state index in [0.717, 1.165) is 11.4 Å². The van der Waals surface area contributed by atoms with Crippen molar-refractivity contribution in [2.24, 2.45) is 0 Å². The van der Waals surface area contributed by atoms with Gasteiger partial charge in [-0.1, -0.05) is 77.8 Å². The maximum Gasteiger partial charge on any atom is 0.0441 e. The van der Waals surface area contributed by atoms with Gasteiger partial charge in [0, 0.05) is 5.02 Å². The summed E-state index contributed by atoms with van der Waals surface area (Å²) in [5.74, 6) is 0. The maximum atomic E-state index is 6.33. The van der Waals surface area contributed by atoms with Crippen LogP contribution in [0.15, 0.2) is 66.7 Å². The molecule has 0 fully saturated rings. The molecule has 0 aliphatic rings. The van der Waals surface area contributed by atoms with Gasteiger partial charge in [-0.15, -0.1) is 0 Å². The molecule has 0 N–H and O–H groups in total. The second-order valence-corrected chi connectivity index (χ2v) is 6.15. The number of hydrogen-bond donors (Lipinski definition) is 0. The van der Waals surface area contributed by atoms with E-state index in [9.17, 15) is 0 Å². The van der Waals surface area contributed by atoms with E-state index in [2.05, 4.69) is 62.4 Å². The SMILES string of the molecule is Cc1ccc(C)c(-c2ccccc2Cc2ccccc2Cl)c1. The lowest BCUT2D eigenvalue weighted by Crippen LogP contribution is -1.94. The Labute approximate surface area is 137 Å². The largest absolute Gasteiger partial charge is 0.0840 e. The number of aryl methyl sites for hydroxylation is 2. The van der Waals surface area contributed by atoms with Gasteiger partial charge in [0.1, 0.15) is 0 Å². The summed E-state index contributed by atoms with van der Waals surface area (Å²) in [4.78, 5) is 0. The highest BCUT2D eigenvalue weighted by Crippen LogP contribution is 2.30.